The van der Waals surface area contributed by atoms with Gasteiger partial charge in [0.1, 0.15) is 6.54 Å². The summed E-state index contributed by atoms with van der Waals surface area (Å²) in [6.07, 6.45) is 2.23. The lowest BCUT2D eigenvalue weighted by molar-refractivity contribution is -0.127. The van der Waals surface area contributed by atoms with E-state index in [1.54, 1.807) is 19.0 Å². The highest BCUT2D eigenvalue weighted by Crippen LogP contribution is 1.99. The lowest BCUT2D eigenvalue weighted by Gasteiger charge is -2.21. The Bertz CT molecular complexity index is 293. The standard InChI is InChI=1S/C14H30N4O.HI/c1-7-8-9-15-14(17-12(4)11(2)3)16-10-13(19)18(5)6;/h11-12H,7-10H2,1-6H3,(H2,15,16,17);1H. The van der Waals surface area contributed by atoms with Crippen molar-refractivity contribution in [2.75, 3.05) is 27.2 Å². The van der Waals surface area contributed by atoms with E-state index in [0.29, 0.717) is 12.0 Å². The van der Waals surface area contributed by atoms with Gasteiger partial charge in [-0.3, -0.25) is 4.79 Å². The van der Waals surface area contributed by atoms with E-state index in [1.165, 1.54) is 0 Å². The maximum Gasteiger partial charge on any atom is 0.243 e. The van der Waals surface area contributed by atoms with Gasteiger partial charge in [-0.2, -0.15) is 0 Å². The third kappa shape index (κ3) is 10.3. The molecule has 1 amide bonds. The van der Waals surface area contributed by atoms with Gasteiger partial charge in [-0.05, 0) is 19.3 Å². The minimum absolute atomic E-state index is 0. The highest BCUT2D eigenvalue weighted by atomic mass is 127. The average Bonchev–Trinajstić information content (AvgIpc) is 2.34. The number of rotatable bonds is 7. The van der Waals surface area contributed by atoms with Gasteiger partial charge in [0.15, 0.2) is 5.96 Å². The van der Waals surface area contributed by atoms with Crippen LogP contribution in [-0.4, -0.2) is 50.0 Å². The highest BCUT2D eigenvalue weighted by Gasteiger charge is 2.10. The molecule has 0 aromatic carbocycles. The molecule has 0 heterocycles. The van der Waals surface area contributed by atoms with E-state index in [-0.39, 0.29) is 36.4 Å². The zero-order chi connectivity index (χ0) is 14.8. The van der Waals surface area contributed by atoms with Gasteiger partial charge in [-0.1, -0.05) is 27.2 Å². The predicted octanol–water partition coefficient (Wildman–Crippen LogP) is 2.07. The first-order chi connectivity index (χ1) is 8.88. The minimum atomic E-state index is 0. The van der Waals surface area contributed by atoms with E-state index in [0.717, 1.165) is 25.3 Å². The smallest absolute Gasteiger partial charge is 0.243 e. The molecule has 5 nitrogen and oxygen atoms in total. The molecule has 0 radical (unpaired) electrons. The molecule has 1 unspecified atom stereocenters. The van der Waals surface area contributed by atoms with Gasteiger partial charge < -0.3 is 15.5 Å². The maximum atomic E-state index is 11.6. The van der Waals surface area contributed by atoms with E-state index in [9.17, 15) is 4.79 Å². The second-order valence-corrected chi connectivity index (χ2v) is 5.41. The fourth-order valence-electron chi connectivity index (χ4n) is 1.21. The number of hydrogen-bond acceptors (Lipinski definition) is 2. The largest absolute Gasteiger partial charge is 0.356 e. The Labute approximate surface area is 141 Å². The lowest BCUT2D eigenvalue weighted by atomic mass is 10.1. The number of hydrogen-bond donors (Lipinski definition) is 2. The third-order valence-electron chi connectivity index (χ3n) is 3.06. The van der Waals surface area contributed by atoms with Crippen molar-refractivity contribution in [3.63, 3.8) is 0 Å². The Kier molecular flexibility index (Phi) is 13.3. The van der Waals surface area contributed by atoms with Gasteiger partial charge in [0.25, 0.3) is 0 Å². The average molecular weight is 398 g/mol. The number of carbonyl (C=O) groups excluding carboxylic acids is 1. The second kappa shape index (κ2) is 12.2. The molecule has 0 spiro atoms. The number of unbranched alkanes of at least 4 members (excludes halogenated alkanes) is 1. The van der Waals surface area contributed by atoms with Crippen molar-refractivity contribution >= 4 is 35.8 Å². The first kappa shape index (κ1) is 21.8. The summed E-state index contributed by atoms with van der Waals surface area (Å²) in [5.74, 6) is 1.25. The number of halogens is 1. The third-order valence-corrected chi connectivity index (χ3v) is 3.06. The predicted molar refractivity (Wildman–Crippen MR) is 96.8 cm³/mol. The molecule has 20 heavy (non-hydrogen) atoms. The first-order valence-electron chi connectivity index (χ1n) is 7.13. The Hall–Kier alpha value is -0.530. The van der Waals surface area contributed by atoms with Crippen molar-refractivity contribution in [3.8, 4) is 0 Å². The maximum absolute atomic E-state index is 11.6. The zero-order valence-electron chi connectivity index (χ0n) is 13.7. The van der Waals surface area contributed by atoms with Crippen LogP contribution in [0.1, 0.15) is 40.5 Å². The Balaban J connectivity index is 0. The molecule has 2 N–H and O–H groups in total. The summed E-state index contributed by atoms with van der Waals surface area (Å²) in [7, 11) is 3.48. The molecule has 0 aromatic heterocycles. The number of likely N-dealkylation sites (N-methyl/N-ethyl adjacent to an activating group) is 1. The van der Waals surface area contributed by atoms with Crippen molar-refractivity contribution in [3.05, 3.63) is 0 Å². The Morgan fingerprint density at radius 3 is 2.30 bits per heavy atom. The van der Waals surface area contributed by atoms with Crippen molar-refractivity contribution in [1.29, 1.82) is 0 Å². The fourth-order valence-corrected chi connectivity index (χ4v) is 1.21. The molecule has 0 aromatic rings. The summed E-state index contributed by atoms with van der Waals surface area (Å²) in [6.45, 7) is 9.65. The lowest BCUT2D eigenvalue weighted by Crippen LogP contribution is -2.45. The molecule has 0 aliphatic carbocycles. The van der Waals surface area contributed by atoms with E-state index in [1.807, 2.05) is 0 Å². The van der Waals surface area contributed by atoms with Crippen LogP contribution in [0.4, 0.5) is 0 Å². The van der Waals surface area contributed by atoms with Gasteiger partial charge in [-0.15, -0.1) is 24.0 Å². The molecule has 6 heteroatoms. The summed E-state index contributed by atoms with van der Waals surface area (Å²) < 4.78 is 0. The van der Waals surface area contributed by atoms with Crippen LogP contribution in [-0.2, 0) is 4.79 Å². The van der Waals surface area contributed by atoms with Crippen molar-refractivity contribution < 1.29 is 4.79 Å². The van der Waals surface area contributed by atoms with E-state index >= 15 is 0 Å². The molecule has 0 aliphatic heterocycles. The second-order valence-electron chi connectivity index (χ2n) is 5.41. The van der Waals surface area contributed by atoms with Crippen molar-refractivity contribution in [2.24, 2.45) is 10.9 Å². The van der Waals surface area contributed by atoms with Crippen LogP contribution in [0.3, 0.4) is 0 Å². The van der Waals surface area contributed by atoms with Crippen LogP contribution < -0.4 is 10.6 Å². The number of nitrogens with one attached hydrogen (secondary N) is 2. The van der Waals surface area contributed by atoms with Gasteiger partial charge in [0.2, 0.25) is 5.91 Å². The molecule has 0 rings (SSSR count). The molecule has 0 saturated carbocycles. The molecule has 0 aliphatic rings. The highest BCUT2D eigenvalue weighted by molar-refractivity contribution is 14.0. The fraction of sp³-hybridized carbons (Fsp3) is 0.857. The van der Waals surface area contributed by atoms with Gasteiger partial charge in [0, 0.05) is 26.7 Å². The summed E-state index contributed by atoms with van der Waals surface area (Å²) in [5, 5.41) is 6.61. The first-order valence-corrected chi connectivity index (χ1v) is 7.13. The normalized spacial score (nSPS) is 12.7. The summed E-state index contributed by atoms with van der Waals surface area (Å²) in [5.41, 5.74) is 0. The van der Waals surface area contributed by atoms with Crippen LogP contribution in [0, 0.1) is 5.92 Å². The molecular weight excluding hydrogens is 367 g/mol. The van der Waals surface area contributed by atoms with Crippen LogP contribution in [0.2, 0.25) is 0 Å². The van der Waals surface area contributed by atoms with Crippen molar-refractivity contribution in [2.45, 2.75) is 46.6 Å². The van der Waals surface area contributed by atoms with Crippen molar-refractivity contribution in [1.82, 2.24) is 15.5 Å². The summed E-state index contributed by atoms with van der Waals surface area (Å²) in [6, 6.07) is 0.322. The van der Waals surface area contributed by atoms with Gasteiger partial charge in [-0.25, -0.2) is 4.99 Å². The van der Waals surface area contributed by atoms with Gasteiger partial charge >= 0.3 is 0 Å². The molecule has 1 atom stereocenters. The van der Waals surface area contributed by atoms with Crippen LogP contribution >= 0.6 is 24.0 Å². The minimum Gasteiger partial charge on any atom is -0.356 e. The topological polar surface area (TPSA) is 56.7 Å². The number of carbonyl (C=O) groups is 1. The molecule has 0 bridgehead atoms. The molecule has 0 fully saturated rings. The van der Waals surface area contributed by atoms with Crippen LogP contribution in [0.5, 0.6) is 0 Å². The monoisotopic (exact) mass is 398 g/mol. The van der Waals surface area contributed by atoms with E-state index in [2.05, 4.69) is 43.3 Å². The Morgan fingerprint density at radius 1 is 1.25 bits per heavy atom. The molecular formula is C14H31IN4O. The number of amides is 1. The summed E-state index contributed by atoms with van der Waals surface area (Å²) in [4.78, 5) is 17.5. The zero-order valence-corrected chi connectivity index (χ0v) is 16.0. The van der Waals surface area contributed by atoms with Gasteiger partial charge in [0.05, 0.1) is 0 Å². The Morgan fingerprint density at radius 2 is 1.85 bits per heavy atom. The SMILES string of the molecule is CCCCNC(=NCC(=O)N(C)C)NC(C)C(C)C.I. The molecule has 0 saturated heterocycles. The molecule has 120 valence electrons. The van der Waals surface area contributed by atoms with Crippen LogP contribution in [0.15, 0.2) is 4.99 Å². The number of guanidine groups is 1. The quantitative estimate of drug-likeness (QED) is 0.299. The summed E-state index contributed by atoms with van der Waals surface area (Å²) >= 11 is 0. The van der Waals surface area contributed by atoms with E-state index in [4.69, 9.17) is 0 Å². The van der Waals surface area contributed by atoms with Crippen LogP contribution in [0.25, 0.3) is 0 Å². The van der Waals surface area contributed by atoms with E-state index < -0.39 is 0 Å². The number of aliphatic imine (C=N–C) groups is 1. The number of nitrogens with zero attached hydrogens (tertiary/aromatic N) is 2.